The largest absolute Gasteiger partial charge is 0.298 e. The Morgan fingerprint density at radius 3 is 1.42 bits per heavy atom. The van der Waals surface area contributed by atoms with Crippen LogP contribution in [0.15, 0.2) is 96.1 Å². The van der Waals surface area contributed by atoms with Gasteiger partial charge in [-0.25, -0.2) is 0 Å². The second-order valence-electron chi connectivity index (χ2n) is 12.7. The predicted molar refractivity (Wildman–Crippen MR) is 178 cm³/mol. The van der Waals surface area contributed by atoms with Crippen molar-refractivity contribution in [1.82, 2.24) is 9.97 Å². The molecule has 6 atom stereocenters. The number of thioether (sulfide) groups is 1. The molecule has 5 heteroatoms. The van der Waals surface area contributed by atoms with E-state index in [-0.39, 0.29) is 35.2 Å². The summed E-state index contributed by atoms with van der Waals surface area (Å²) in [6.07, 6.45) is 6.08. The number of carbonyl (C=O) groups excluding carboxylic acids is 2. The standard InChI is InChI=1S/C38H40N2O2S/c1-23-19-31(35-17-15-29-11-7-9-13-33(29)39-35)20-24(2)37(23,27(5)41)43-38(28(6)42)25(3)21-32(22-26(38)4)36-18-16-30-12-8-10-14-34(30)40-36/h7-19,21,24,26,31-32H,20,22H2,1-6H3/t24-,26-,31-,32-,37?,38?/m0/s1. The van der Waals surface area contributed by atoms with Gasteiger partial charge < -0.3 is 0 Å². The smallest absolute Gasteiger partial charge is 0.150 e. The molecule has 0 spiro atoms. The topological polar surface area (TPSA) is 59.9 Å². The minimum absolute atomic E-state index is 0.0226. The lowest BCUT2D eigenvalue weighted by Gasteiger charge is -2.51. The highest BCUT2D eigenvalue weighted by Crippen LogP contribution is 2.59. The first-order valence-electron chi connectivity index (χ1n) is 15.4. The van der Waals surface area contributed by atoms with Gasteiger partial charge in [0, 0.05) is 34.0 Å². The maximum atomic E-state index is 13.8. The van der Waals surface area contributed by atoms with E-state index >= 15 is 0 Å². The quantitative estimate of drug-likeness (QED) is 0.210. The molecule has 4 nitrogen and oxygen atoms in total. The molecular weight excluding hydrogens is 548 g/mol. The van der Waals surface area contributed by atoms with E-state index in [0.29, 0.717) is 0 Å². The summed E-state index contributed by atoms with van der Waals surface area (Å²) in [7, 11) is 0. The molecular formula is C38H40N2O2S. The molecule has 0 bridgehead atoms. The van der Waals surface area contributed by atoms with Gasteiger partial charge >= 0.3 is 0 Å². The van der Waals surface area contributed by atoms with Crippen LogP contribution >= 0.6 is 11.8 Å². The zero-order valence-corrected chi connectivity index (χ0v) is 26.7. The zero-order valence-electron chi connectivity index (χ0n) is 25.9. The fourth-order valence-corrected chi connectivity index (χ4v) is 9.70. The van der Waals surface area contributed by atoms with Crippen LogP contribution in [-0.2, 0) is 9.59 Å². The Morgan fingerprint density at radius 2 is 1.05 bits per heavy atom. The van der Waals surface area contributed by atoms with E-state index in [0.717, 1.165) is 57.2 Å². The second-order valence-corrected chi connectivity index (χ2v) is 14.2. The molecule has 2 aromatic carbocycles. The van der Waals surface area contributed by atoms with Gasteiger partial charge in [0.2, 0.25) is 0 Å². The number of para-hydroxylation sites is 2. The molecule has 6 rings (SSSR count). The van der Waals surface area contributed by atoms with Gasteiger partial charge in [-0.1, -0.05) is 85.7 Å². The molecule has 2 aromatic heterocycles. The number of ketones is 2. The number of Topliss-reactive ketones (excluding diaryl/α,β-unsaturated/α-hetero) is 2. The molecule has 2 aliphatic carbocycles. The van der Waals surface area contributed by atoms with E-state index in [4.69, 9.17) is 9.97 Å². The number of carbonyl (C=O) groups is 2. The molecule has 2 heterocycles. The molecule has 0 saturated heterocycles. The van der Waals surface area contributed by atoms with Crippen molar-refractivity contribution in [3.63, 3.8) is 0 Å². The summed E-state index contributed by atoms with van der Waals surface area (Å²) >= 11 is 1.61. The molecule has 4 aromatic rings. The highest BCUT2D eigenvalue weighted by atomic mass is 32.2. The fraction of sp³-hybridized carbons (Fsp3) is 0.368. The SMILES string of the molecule is CC(=O)C1(SC2(C(C)=O)C(C)=C[C@H](c3ccc4ccccc4n3)C[C@@H]2C)C(C)=C[C@H](c2ccc3ccccc3n2)C[C@@H]1C. The number of nitrogens with zero attached hydrogens (tertiary/aromatic N) is 2. The Labute approximate surface area is 259 Å². The Morgan fingerprint density at radius 1 is 0.651 bits per heavy atom. The van der Waals surface area contributed by atoms with Crippen LogP contribution in [0.1, 0.15) is 77.6 Å². The first-order chi connectivity index (χ1) is 20.6. The summed E-state index contributed by atoms with van der Waals surface area (Å²) in [5, 5.41) is 2.25. The highest BCUT2D eigenvalue weighted by molar-refractivity contribution is 8.04. The molecule has 220 valence electrons. The first kappa shape index (κ1) is 29.5. The van der Waals surface area contributed by atoms with Gasteiger partial charge in [-0.15, -0.1) is 11.8 Å². The van der Waals surface area contributed by atoms with Crippen LogP contribution in [0.5, 0.6) is 0 Å². The average molecular weight is 589 g/mol. The molecule has 0 amide bonds. The van der Waals surface area contributed by atoms with E-state index < -0.39 is 9.49 Å². The van der Waals surface area contributed by atoms with E-state index in [1.807, 2.05) is 36.4 Å². The molecule has 0 fully saturated rings. The number of allylic oxidation sites excluding steroid dienone is 2. The summed E-state index contributed by atoms with van der Waals surface area (Å²) < 4.78 is -1.59. The van der Waals surface area contributed by atoms with E-state index in [1.165, 1.54) is 0 Å². The normalized spacial score (nSPS) is 29.3. The molecule has 43 heavy (non-hydrogen) atoms. The molecule has 2 unspecified atom stereocenters. The van der Waals surface area contributed by atoms with Gasteiger partial charge in [0.15, 0.2) is 0 Å². The lowest BCUT2D eigenvalue weighted by molar-refractivity contribution is -0.119. The van der Waals surface area contributed by atoms with Crippen molar-refractivity contribution in [3.8, 4) is 0 Å². The average Bonchev–Trinajstić information content (AvgIpc) is 2.99. The summed E-state index contributed by atoms with van der Waals surface area (Å²) in [4.78, 5) is 37.6. The van der Waals surface area contributed by atoms with Gasteiger partial charge in [-0.2, -0.15) is 0 Å². The maximum absolute atomic E-state index is 13.8. The number of benzene rings is 2. The summed E-state index contributed by atoms with van der Waals surface area (Å²) in [6, 6.07) is 24.9. The molecule has 0 N–H and O–H groups in total. The minimum Gasteiger partial charge on any atom is -0.298 e. The van der Waals surface area contributed by atoms with Crippen molar-refractivity contribution in [3.05, 3.63) is 107 Å². The van der Waals surface area contributed by atoms with Gasteiger partial charge in [0.25, 0.3) is 0 Å². The van der Waals surface area contributed by atoms with E-state index in [9.17, 15) is 9.59 Å². The summed E-state index contributed by atoms with van der Waals surface area (Å²) in [5.74, 6) is 0.503. The summed E-state index contributed by atoms with van der Waals surface area (Å²) in [5.41, 5.74) is 6.09. The Bertz CT molecular complexity index is 1680. The van der Waals surface area contributed by atoms with Gasteiger partial charge in [-0.3, -0.25) is 19.6 Å². The second kappa shape index (κ2) is 11.2. The van der Waals surface area contributed by atoms with Crippen molar-refractivity contribution in [2.45, 2.75) is 75.7 Å². The Balaban J connectivity index is 1.38. The van der Waals surface area contributed by atoms with Crippen LogP contribution in [0.25, 0.3) is 21.8 Å². The van der Waals surface area contributed by atoms with Crippen LogP contribution in [0, 0.1) is 11.8 Å². The first-order valence-corrected chi connectivity index (χ1v) is 16.2. The van der Waals surface area contributed by atoms with Crippen LogP contribution in [0.2, 0.25) is 0 Å². The van der Waals surface area contributed by atoms with Crippen LogP contribution in [0.4, 0.5) is 0 Å². The third-order valence-electron chi connectivity index (χ3n) is 10.0. The fourth-order valence-electron chi connectivity index (χ4n) is 7.86. The van der Waals surface area contributed by atoms with Gasteiger partial charge in [-0.05, 0) is 76.6 Å². The summed E-state index contributed by atoms with van der Waals surface area (Å²) in [6.45, 7) is 11.9. The molecule has 0 radical (unpaired) electrons. The third kappa shape index (κ3) is 4.86. The monoisotopic (exact) mass is 588 g/mol. The maximum Gasteiger partial charge on any atom is 0.150 e. The van der Waals surface area contributed by atoms with E-state index in [2.05, 4.69) is 76.2 Å². The van der Waals surface area contributed by atoms with Crippen LogP contribution < -0.4 is 0 Å². The number of hydrogen-bond acceptors (Lipinski definition) is 5. The van der Waals surface area contributed by atoms with Crippen molar-refractivity contribution in [1.29, 1.82) is 0 Å². The molecule has 0 aliphatic heterocycles. The number of hydrogen-bond donors (Lipinski definition) is 0. The predicted octanol–water partition coefficient (Wildman–Crippen LogP) is 9.01. The highest BCUT2D eigenvalue weighted by Gasteiger charge is 2.57. The lowest BCUT2D eigenvalue weighted by Crippen LogP contribution is -2.54. The lowest BCUT2D eigenvalue weighted by atomic mass is 9.71. The van der Waals surface area contributed by atoms with Crippen molar-refractivity contribution in [2.24, 2.45) is 11.8 Å². The number of rotatable bonds is 6. The minimum atomic E-state index is -0.795. The Kier molecular flexibility index (Phi) is 7.66. The number of pyridine rings is 2. The third-order valence-corrected chi connectivity index (χ3v) is 12.7. The van der Waals surface area contributed by atoms with Gasteiger partial charge in [0.05, 0.1) is 20.5 Å². The molecule has 2 aliphatic rings. The number of fused-ring (bicyclic) bond motifs is 2. The number of aromatic nitrogens is 2. The van der Waals surface area contributed by atoms with Gasteiger partial charge in [0.1, 0.15) is 11.6 Å². The van der Waals surface area contributed by atoms with Crippen molar-refractivity contribution < 1.29 is 9.59 Å². The van der Waals surface area contributed by atoms with Crippen molar-refractivity contribution >= 4 is 45.1 Å². The van der Waals surface area contributed by atoms with E-state index in [1.54, 1.807) is 25.6 Å². The van der Waals surface area contributed by atoms with Crippen LogP contribution in [-0.4, -0.2) is 31.0 Å². The zero-order chi connectivity index (χ0) is 30.5. The van der Waals surface area contributed by atoms with Crippen molar-refractivity contribution in [2.75, 3.05) is 0 Å². The van der Waals surface area contributed by atoms with Crippen LogP contribution in [0.3, 0.4) is 0 Å². The molecule has 0 saturated carbocycles. The Hall–Kier alpha value is -3.57.